The van der Waals surface area contributed by atoms with Gasteiger partial charge in [-0.05, 0) is 19.8 Å². The van der Waals surface area contributed by atoms with Crippen molar-refractivity contribution in [2.75, 3.05) is 0 Å². The maximum atomic E-state index is 10.7. The summed E-state index contributed by atoms with van der Waals surface area (Å²) in [4.78, 5) is 15.4. The molecule has 0 aliphatic rings. The van der Waals surface area contributed by atoms with E-state index in [9.17, 15) is 4.79 Å². The van der Waals surface area contributed by atoms with Crippen molar-refractivity contribution >= 4 is 17.3 Å². The van der Waals surface area contributed by atoms with Gasteiger partial charge in [-0.25, -0.2) is 4.98 Å². The van der Waals surface area contributed by atoms with E-state index < -0.39 is 5.97 Å². The molecule has 120 valence electrons. The Labute approximate surface area is 132 Å². The molecule has 1 aromatic heterocycles. The van der Waals surface area contributed by atoms with E-state index >= 15 is 0 Å². The molecule has 0 fully saturated rings. The molecule has 1 heterocycles. The molecular formula is C16H28N2O2S. The third-order valence-electron chi connectivity index (χ3n) is 3.62. The molecule has 21 heavy (non-hydrogen) atoms. The van der Waals surface area contributed by atoms with Gasteiger partial charge in [-0.3, -0.25) is 4.79 Å². The van der Waals surface area contributed by atoms with Crippen LogP contribution in [0.25, 0.3) is 0 Å². The number of aliphatic carboxylic acids is 1. The molecule has 0 aromatic carbocycles. The number of nitrogens with one attached hydrogen (secondary N) is 1. The Morgan fingerprint density at radius 3 is 2.57 bits per heavy atom. The first-order valence-corrected chi connectivity index (χ1v) is 8.49. The number of nitrogens with zero attached hydrogens (tertiary/aromatic N) is 1. The number of aromatic nitrogens is 1. The molecule has 1 rings (SSSR count). The minimum Gasteiger partial charge on any atom is -0.481 e. The second kappa shape index (κ2) is 7.90. The summed E-state index contributed by atoms with van der Waals surface area (Å²) < 4.78 is 0. The van der Waals surface area contributed by atoms with E-state index in [1.807, 2.05) is 0 Å². The van der Waals surface area contributed by atoms with Crippen LogP contribution in [0.1, 0.15) is 64.6 Å². The van der Waals surface area contributed by atoms with Crippen molar-refractivity contribution in [1.29, 1.82) is 0 Å². The van der Waals surface area contributed by atoms with Gasteiger partial charge in [0.25, 0.3) is 0 Å². The molecule has 0 saturated carbocycles. The third-order valence-corrected chi connectivity index (χ3v) is 4.47. The molecule has 2 atom stereocenters. The van der Waals surface area contributed by atoms with Crippen molar-refractivity contribution in [3.05, 3.63) is 16.1 Å². The zero-order valence-electron chi connectivity index (χ0n) is 13.8. The van der Waals surface area contributed by atoms with E-state index in [0.29, 0.717) is 6.04 Å². The average Bonchev–Trinajstić information content (AvgIpc) is 2.84. The van der Waals surface area contributed by atoms with E-state index in [1.54, 1.807) is 18.3 Å². The molecule has 0 amide bonds. The Bertz CT molecular complexity index is 451. The molecular weight excluding hydrogens is 284 g/mol. The van der Waals surface area contributed by atoms with Crippen LogP contribution in [0.5, 0.6) is 0 Å². The number of hydrogen-bond donors (Lipinski definition) is 2. The lowest BCUT2D eigenvalue weighted by atomic mass is 9.93. The van der Waals surface area contributed by atoms with Gasteiger partial charge in [-0.2, -0.15) is 0 Å². The fourth-order valence-corrected chi connectivity index (χ4v) is 2.93. The SMILES string of the molecule is CC(CCCC(C)C(=O)O)NCc1nc(C(C)(C)C)cs1. The van der Waals surface area contributed by atoms with Crippen molar-refractivity contribution in [3.63, 3.8) is 0 Å². The van der Waals surface area contributed by atoms with Crippen molar-refractivity contribution < 1.29 is 9.90 Å². The Balaban J connectivity index is 2.28. The normalized spacial score (nSPS) is 14.9. The van der Waals surface area contributed by atoms with Gasteiger partial charge in [-0.15, -0.1) is 11.3 Å². The maximum absolute atomic E-state index is 10.7. The summed E-state index contributed by atoms with van der Waals surface area (Å²) in [6.45, 7) is 11.2. The van der Waals surface area contributed by atoms with E-state index in [0.717, 1.165) is 36.5 Å². The molecule has 2 unspecified atom stereocenters. The molecule has 2 N–H and O–H groups in total. The summed E-state index contributed by atoms with van der Waals surface area (Å²) in [5.41, 5.74) is 1.25. The van der Waals surface area contributed by atoms with Crippen LogP contribution < -0.4 is 5.32 Å². The maximum Gasteiger partial charge on any atom is 0.306 e. The molecule has 0 spiro atoms. The van der Waals surface area contributed by atoms with Crippen LogP contribution in [0, 0.1) is 5.92 Å². The van der Waals surface area contributed by atoms with Gasteiger partial charge in [0.05, 0.1) is 11.6 Å². The molecule has 1 aromatic rings. The molecule has 0 saturated heterocycles. The van der Waals surface area contributed by atoms with Gasteiger partial charge in [0, 0.05) is 23.4 Å². The zero-order valence-corrected chi connectivity index (χ0v) is 14.6. The summed E-state index contributed by atoms with van der Waals surface area (Å²) in [7, 11) is 0. The first kappa shape index (κ1) is 18.1. The number of rotatable bonds is 8. The average molecular weight is 312 g/mol. The second-order valence-corrected chi connectivity index (χ2v) is 7.77. The van der Waals surface area contributed by atoms with Crippen molar-refractivity contribution in [2.45, 2.75) is 71.9 Å². The molecule has 4 nitrogen and oxygen atoms in total. The highest BCUT2D eigenvalue weighted by molar-refractivity contribution is 7.09. The topological polar surface area (TPSA) is 62.2 Å². The van der Waals surface area contributed by atoms with E-state index in [-0.39, 0.29) is 11.3 Å². The minimum absolute atomic E-state index is 0.105. The second-order valence-electron chi connectivity index (χ2n) is 6.83. The van der Waals surface area contributed by atoms with Crippen molar-refractivity contribution in [2.24, 2.45) is 5.92 Å². The lowest BCUT2D eigenvalue weighted by Gasteiger charge is -2.15. The van der Waals surface area contributed by atoms with Crippen LogP contribution in [-0.2, 0) is 16.8 Å². The first-order chi connectivity index (χ1) is 9.70. The van der Waals surface area contributed by atoms with Crippen molar-refractivity contribution in [1.82, 2.24) is 10.3 Å². The summed E-state index contributed by atoms with van der Waals surface area (Å²) >= 11 is 1.70. The Morgan fingerprint density at radius 1 is 1.38 bits per heavy atom. The largest absolute Gasteiger partial charge is 0.481 e. The summed E-state index contributed by atoms with van der Waals surface area (Å²) in [5.74, 6) is -0.946. The predicted molar refractivity (Wildman–Crippen MR) is 87.8 cm³/mol. The standard InChI is InChI=1S/C16H28N2O2S/c1-11(15(19)20)7-6-8-12(2)17-9-14-18-13(10-21-14)16(3,4)5/h10-12,17H,6-9H2,1-5H3,(H,19,20). The third kappa shape index (κ3) is 6.57. The molecule has 0 bridgehead atoms. The number of hydrogen-bond acceptors (Lipinski definition) is 4. The van der Waals surface area contributed by atoms with Gasteiger partial charge in [0.1, 0.15) is 5.01 Å². The minimum atomic E-state index is -0.701. The highest BCUT2D eigenvalue weighted by atomic mass is 32.1. The van der Waals surface area contributed by atoms with Gasteiger partial charge in [-0.1, -0.05) is 34.1 Å². The lowest BCUT2D eigenvalue weighted by Crippen LogP contribution is -2.25. The van der Waals surface area contributed by atoms with Crippen LogP contribution >= 0.6 is 11.3 Å². The van der Waals surface area contributed by atoms with Gasteiger partial charge in [0.15, 0.2) is 0 Å². The highest BCUT2D eigenvalue weighted by Gasteiger charge is 2.17. The number of carboxylic acids is 1. The quantitative estimate of drug-likeness (QED) is 0.766. The van der Waals surface area contributed by atoms with E-state index in [1.165, 1.54) is 0 Å². The molecule has 0 aliphatic heterocycles. The fraction of sp³-hybridized carbons (Fsp3) is 0.750. The van der Waals surface area contributed by atoms with E-state index in [4.69, 9.17) is 5.11 Å². The van der Waals surface area contributed by atoms with Crippen LogP contribution in [0.4, 0.5) is 0 Å². The molecule has 0 aliphatic carbocycles. The van der Waals surface area contributed by atoms with Gasteiger partial charge >= 0.3 is 5.97 Å². The highest BCUT2D eigenvalue weighted by Crippen LogP contribution is 2.23. The summed E-state index contributed by atoms with van der Waals surface area (Å²) in [5, 5.41) is 15.6. The van der Waals surface area contributed by atoms with Crippen LogP contribution in [0.2, 0.25) is 0 Å². The Morgan fingerprint density at radius 2 is 2.05 bits per heavy atom. The summed E-state index contributed by atoms with van der Waals surface area (Å²) in [6.07, 6.45) is 2.68. The molecule has 5 heteroatoms. The summed E-state index contributed by atoms with van der Waals surface area (Å²) in [6, 6.07) is 0.382. The number of carbonyl (C=O) groups is 1. The lowest BCUT2D eigenvalue weighted by molar-refractivity contribution is -0.141. The van der Waals surface area contributed by atoms with Crippen molar-refractivity contribution in [3.8, 4) is 0 Å². The van der Waals surface area contributed by atoms with Gasteiger partial charge < -0.3 is 10.4 Å². The van der Waals surface area contributed by atoms with Crippen LogP contribution in [-0.4, -0.2) is 22.1 Å². The molecule has 0 radical (unpaired) electrons. The number of carboxylic acid groups (broad SMARTS) is 1. The predicted octanol–water partition coefficient (Wildman–Crippen LogP) is 3.81. The first-order valence-electron chi connectivity index (χ1n) is 7.61. The number of thiazole rings is 1. The Kier molecular flexibility index (Phi) is 6.81. The van der Waals surface area contributed by atoms with Gasteiger partial charge in [0.2, 0.25) is 0 Å². The Hall–Kier alpha value is -0.940. The van der Waals surface area contributed by atoms with Crippen LogP contribution in [0.15, 0.2) is 5.38 Å². The zero-order chi connectivity index (χ0) is 16.0. The van der Waals surface area contributed by atoms with E-state index in [2.05, 4.69) is 43.4 Å². The van der Waals surface area contributed by atoms with Crippen LogP contribution in [0.3, 0.4) is 0 Å². The fourth-order valence-electron chi connectivity index (χ4n) is 1.95. The monoisotopic (exact) mass is 312 g/mol. The smallest absolute Gasteiger partial charge is 0.306 e.